The highest BCUT2D eigenvalue weighted by Gasteiger charge is 2.36. The first kappa shape index (κ1) is 16.7. The lowest BCUT2D eigenvalue weighted by atomic mass is 10.0. The van der Waals surface area contributed by atoms with E-state index in [2.05, 4.69) is 25.5 Å². The molecule has 1 aliphatic carbocycles. The normalized spacial score (nSPS) is 13.7. The van der Waals surface area contributed by atoms with Gasteiger partial charge in [0.1, 0.15) is 0 Å². The molecule has 0 fully saturated rings. The lowest BCUT2D eigenvalue weighted by Gasteiger charge is -2.07. The second kappa shape index (κ2) is 6.20. The van der Waals surface area contributed by atoms with E-state index in [1.54, 1.807) is 12.4 Å². The summed E-state index contributed by atoms with van der Waals surface area (Å²) in [5, 5.41) is 7.56. The maximum absolute atomic E-state index is 12.6. The number of hydrogen-bond donors (Lipinski definition) is 2. The minimum Gasteiger partial charge on any atom is -0.364 e. The molecule has 0 saturated carbocycles. The standard InChI is InChI=1S/C16H12F3N5OS/c17-16(18,19)14-23-24-15(26-14)22-13(25)9-7-21-10-5-1-3-8-4-2-6-20-12(8)11(9)10/h2,4,6-7,21H,1,3,5H2,(H,22,24,25). The van der Waals surface area contributed by atoms with E-state index in [0.717, 1.165) is 36.2 Å². The molecule has 3 aromatic heterocycles. The van der Waals surface area contributed by atoms with Crippen LogP contribution in [-0.2, 0) is 19.0 Å². The number of nitrogens with one attached hydrogen (secondary N) is 2. The van der Waals surface area contributed by atoms with E-state index < -0.39 is 17.1 Å². The van der Waals surface area contributed by atoms with Crippen LogP contribution in [0.4, 0.5) is 18.3 Å². The van der Waals surface area contributed by atoms with Crippen LogP contribution in [0.3, 0.4) is 0 Å². The second-order valence-corrected chi connectivity index (χ2v) is 6.76. The number of carbonyl (C=O) groups is 1. The number of aromatic amines is 1. The van der Waals surface area contributed by atoms with Crippen molar-refractivity contribution in [3.63, 3.8) is 0 Å². The molecule has 6 nitrogen and oxygen atoms in total. The second-order valence-electron chi connectivity index (χ2n) is 5.78. The molecule has 1 amide bonds. The van der Waals surface area contributed by atoms with Crippen LogP contribution < -0.4 is 5.32 Å². The zero-order chi connectivity index (χ0) is 18.3. The van der Waals surface area contributed by atoms with Gasteiger partial charge in [-0.05, 0) is 30.9 Å². The van der Waals surface area contributed by atoms with E-state index >= 15 is 0 Å². The van der Waals surface area contributed by atoms with Crippen molar-refractivity contribution in [1.82, 2.24) is 20.2 Å². The Bertz CT molecular complexity index is 978. The van der Waals surface area contributed by atoms with Crippen LogP contribution in [0.15, 0.2) is 24.5 Å². The number of pyridine rings is 1. The van der Waals surface area contributed by atoms with Crippen LogP contribution in [0.5, 0.6) is 0 Å². The van der Waals surface area contributed by atoms with Crippen LogP contribution in [0.1, 0.15) is 33.0 Å². The number of halogens is 3. The highest BCUT2D eigenvalue weighted by atomic mass is 32.1. The highest BCUT2D eigenvalue weighted by molar-refractivity contribution is 7.15. The minimum atomic E-state index is -4.59. The molecule has 0 aromatic carbocycles. The molecule has 2 N–H and O–H groups in total. The number of amides is 1. The predicted molar refractivity (Wildman–Crippen MR) is 88.9 cm³/mol. The average Bonchev–Trinajstić information content (AvgIpc) is 3.18. The number of H-pyrrole nitrogens is 1. The number of hydrogen-bond acceptors (Lipinski definition) is 5. The van der Waals surface area contributed by atoms with Gasteiger partial charge in [-0.25, -0.2) is 0 Å². The van der Waals surface area contributed by atoms with Crippen molar-refractivity contribution in [2.45, 2.75) is 25.4 Å². The zero-order valence-electron chi connectivity index (χ0n) is 13.2. The third kappa shape index (κ3) is 2.96. The summed E-state index contributed by atoms with van der Waals surface area (Å²) in [6, 6.07) is 3.81. The molecule has 0 aliphatic heterocycles. The first-order chi connectivity index (χ1) is 12.4. The Hall–Kier alpha value is -2.75. The van der Waals surface area contributed by atoms with Crippen molar-refractivity contribution in [2.24, 2.45) is 0 Å². The first-order valence-electron chi connectivity index (χ1n) is 7.80. The Morgan fingerprint density at radius 3 is 2.88 bits per heavy atom. The number of aromatic nitrogens is 4. The van der Waals surface area contributed by atoms with Gasteiger partial charge in [0.15, 0.2) is 0 Å². The van der Waals surface area contributed by atoms with E-state index in [0.29, 0.717) is 11.1 Å². The number of alkyl halides is 3. The Balaban J connectivity index is 1.67. The molecule has 1 aliphatic rings. The number of fused-ring (bicyclic) bond motifs is 3. The molecule has 0 bridgehead atoms. The molecule has 3 aromatic rings. The van der Waals surface area contributed by atoms with Gasteiger partial charge >= 0.3 is 6.18 Å². The van der Waals surface area contributed by atoms with E-state index in [-0.39, 0.29) is 16.5 Å². The summed E-state index contributed by atoms with van der Waals surface area (Å²) in [5.74, 6) is -0.550. The smallest absolute Gasteiger partial charge is 0.364 e. The maximum atomic E-state index is 12.6. The third-order valence-corrected chi connectivity index (χ3v) is 4.98. The Labute approximate surface area is 149 Å². The molecule has 0 spiro atoms. The van der Waals surface area contributed by atoms with Gasteiger partial charge in [-0.15, -0.1) is 10.2 Å². The van der Waals surface area contributed by atoms with Crippen molar-refractivity contribution in [3.8, 4) is 11.3 Å². The van der Waals surface area contributed by atoms with Crippen LogP contribution in [0, 0.1) is 0 Å². The van der Waals surface area contributed by atoms with Crippen LogP contribution in [-0.4, -0.2) is 26.1 Å². The van der Waals surface area contributed by atoms with Crippen LogP contribution >= 0.6 is 11.3 Å². The van der Waals surface area contributed by atoms with Gasteiger partial charge in [0.2, 0.25) is 10.1 Å². The molecule has 0 saturated heterocycles. The van der Waals surface area contributed by atoms with E-state index in [1.807, 2.05) is 12.1 Å². The quantitative estimate of drug-likeness (QED) is 0.711. The van der Waals surface area contributed by atoms with Gasteiger partial charge < -0.3 is 4.98 Å². The molecule has 4 rings (SSSR count). The van der Waals surface area contributed by atoms with Gasteiger partial charge in [0.05, 0.1) is 11.3 Å². The van der Waals surface area contributed by atoms with E-state index in [9.17, 15) is 18.0 Å². The summed E-state index contributed by atoms with van der Waals surface area (Å²) in [4.78, 5) is 20.1. The lowest BCUT2D eigenvalue weighted by Crippen LogP contribution is -2.12. The Morgan fingerprint density at radius 2 is 2.12 bits per heavy atom. The number of anilines is 1. The summed E-state index contributed by atoms with van der Waals surface area (Å²) in [6.07, 6.45) is 1.14. The van der Waals surface area contributed by atoms with Crippen molar-refractivity contribution in [3.05, 3.63) is 46.4 Å². The number of aryl methyl sites for hydroxylation is 2. The maximum Gasteiger partial charge on any atom is 0.445 e. The zero-order valence-corrected chi connectivity index (χ0v) is 14.0. The molecule has 0 unspecified atom stereocenters. The molecule has 0 radical (unpaired) electrons. The van der Waals surface area contributed by atoms with Gasteiger partial charge in [-0.3, -0.25) is 15.1 Å². The van der Waals surface area contributed by atoms with E-state index in [1.165, 1.54) is 0 Å². The highest BCUT2D eigenvalue weighted by Crippen LogP contribution is 2.35. The fourth-order valence-corrected chi connectivity index (χ4v) is 3.59. The monoisotopic (exact) mass is 379 g/mol. The van der Waals surface area contributed by atoms with E-state index in [4.69, 9.17) is 0 Å². The third-order valence-electron chi connectivity index (χ3n) is 4.10. The molecular formula is C16H12F3N5OS. The summed E-state index contributed by atoms with van der Waals surface area (Å²) < 4.78 is 37.9. The van der Waals surface area contributed by atoms with Crippen molar-refractivity contribution < 1.29 is 18.0 Å². The fourth-order valence-electron chi connectivity index (χ4n) is 2.99. The minimum absolute atomic E-state index is 0.202. The number of nitrogens with zero attached hydrogens (tertiary/aromatic N) is 3. The summed E-state index contributed by atoms with van der Waals surface area (Å²) in [7, 11) is 0. The van der Waals surface area contributed by atoms with Gasteiger partial charge in [-0.2, -0.15) is 13.2 Å². The average molecular weight is 379 g/mol. The predicted octanol–water partition coefficient (Wildman–Crippen LogP) is 3.69. The Morgan fingerprint density at radius 1 is 1.27 bits per heavy atom. The topological polar surface area (TPSA) is 83.6 Å². The molecule has 0 atom stereocenters. The van der Waals surface area contributed by atoms with Crippen molar-refractivity contribution in [1.29, 1.82) is 0 Å². The molecule has 3 heterocycles. The molecule has 26 heavy (non-hydrogen) atoms. The van der Waals surface area contributed by atoms with Crippen LogP contribution in [0.25, 0.3) is 11.3 Å². The van der Waals surface area contributed by atoms with Gasteiger partial charge in [0, 0.05) is 23.7 Å². The first-order valence-corrected chi connectivity index (χ1v) is 8.61. The molecular weight excluding hydrogens is 367 g/mol. The van der Waals surface area contributed by atoms with Gasteiger partial charge in [-0.1, -0.05) is 17.4 Å². The van der Waals surface area contributed by atoms with Crippen molar-refractivity contribution in [2.75, 3.05) is 5.32 Å². The fraction of sp³-hybridized carbons (Fsp3) is 0.250. The molecule has 10 heteroatoms. The number of carbonyl (C=O) groups excluding carboxylic acids is 1. The largest absolute Gasteiger partial charge is 0.445 e. The Kier molecular flexibility index (Phi) is 3.98. The van der Waals surface area contributed by atoms with Crippen LogP contribution in [0.2, 0.25) is 0 Å². The molecule has 134 valence electrons. The number of rotatable bonds is 2. The summed E-state index contributed by atoms with van der Waals surface area (Å²) >= 11 is 0.288. The van der Waals surface area contributed by atoms with Gasteiger partial charge in [0.25, 0.3) is 5.91 Å². The summed E-state index contributed by atoms with van der Waals surface area (Å²) in [6.45, 7) is 0. The SMILES string of the molecule is O=C(Nc1nnc(C(F)(F)F)s1)c1c[nH]c2c1-c1ncccc1CCC2. The lowest BCUT2D eigenvalue weighted by molar-refractivity contribution is -0.138. The van der Waals surface area contributed by atoms with Crippen molar-refractivity contribution >= 4 is 22.4 Å². The summed E-state index contributed by atoms with van der Waals surface area (Å²) in [5.41, 5.74) is 3.66.